The van der Waals surface area contributed by atoms with Gasteiger partial charge in [0.1, 0.15) is 5.52 Å². The van der Waals surface area contributed by atoms with Gasteiger partial charge in [-0.25, -0.2) is 9.97 Å². The lowest BCUT2D eigenvalue weighted by Crippen LogP contribution is -2.10. The molecule has 4 aromatic rings. The largest absolute Gasteiger partial charge is 0.733 e. The normalized spacial score (nSPS) is 11.1. The fourth-order valence-electron chi connectivity index (χ4n) is 2.62. The van der Waals surface area contributed by atoms with Crippen LogP contribution in [0.15, 0.2) is 59.5 Å². The Morgan fingerprint density at radius 3 is 2.79 bits per heavy atom. The molecule has 0 saturated carbocycles. The fourth-order valence-corrected chi connectivity index (χ4v) is 3.00. The molecule has 0 aliphatic heterocycles. The molecule has 120 valence electrons. The minimum Gasteiger partial charge on any atom is -0.733 e. The van der Waals surface area contributed by atoms with Crippen molar-refractivity contribution in [2.45, 2.75) is 0 Å². The monoisotopic (exact) mass is 384 g/mol. The number of nitrogens with one attached hydrogen (secondary N) is 1. The third-order valence-corrected chi connectivity index (χ3v) is 4.37. The van der Waals surface area contributed by atoms with E-state index in [1.807, 2.05) is 24.3 Å². The molecule has 0 atom stereocenters. The molecule has 0 aliphatic rings. The predicted molar refractivity (Wildman–Crippen MR) is 95.6 cm³/mol. The van der Waals surface area contributed by atoms with Gasteiger partial charge in [0, 0.05) is 4.47 Å². The SMILES string of the molecule is [O-]N(O)c1cccc2nc(Nc3ccccc3Br)c3cncn3c12. The van der Waals surface area contributed by atoms with E-state index in [4.69, 9.17) is 0 Å². The van der Waals surface area contributed by atoms with E-state index in [0.717, 1.165) is 10.2 Å². The number of para-hydroxylation sites is 2. The molecule has 7 nitrogen and oxygen atoms in total. The first-order chi connectivity index (χ1) is 11.6. The Kier molecular flexibility index (Phi) is 3.57. The van der Waals surface area contributed by atoms with Gasteiger partial charge in [-0.2, -0.15) is 0 Å². The van der Waals surface area contributed by atoms with E-state index in [1.54, 1.807) is 29.1 Å². The highest BCUT2D eigenvalue weighted by molar-refractivity contribution is 9.10. The molecule has 0 radical (unpaired) electrons. The molecule has 24 heavy (non-hydrogen) atoms. The Balaban J connectivity index is 1.97. The summed E-state index contributed by atoms with van der Waals surface area (Å²) in [5.74, 6) is 0.597. The topological polar surface area (TPSA) is 88.8 Å². The summed E-state index contributed by atoms with van der Waals surface area (Å²) in [6.07, 6.45) is 3.23. The number of rotatable bonds is 3. The van der Waals surface area contributed by atoms with Crippen LogP contribution < -0.4 is 10.5 Å². The predicted octanol–water partition coefficient (Wildman–Crippen LogP) is 4.08. The Morgan fingerprint density at radius 2 is 2.00 bits per heavy atom. The quantitative estimate of drug-likeness (QED) is 0.517. The summed E-state index contributed by atoms with van der Waals surface area (Å²) >= 11 is 3.50. The van der Waals surface area contributed by atoms with Crippen molar-refractivity contribution in [2.75, 3.05) is 10.5 Å². The average molecular weight is 385 g/mol. The zero-order chi connectivity index (χ0) is 16.7. The van der Waals surface area contributed by atoms with Gasteiger partial charge in [0.25, 0.3) is 0 Å². The molecule has 2 aromatic carbocycles. The van der Waals surface area contributed by atoms with Crippen LogP contribution in [0.3, 0.4) is 0 Å². The molecule has 0 spiro atoms. The summed E-state index contributed by atoms with van der Waals surface area (Å²) in [6.45, 7) is 0. The van der Waals surface area contributed by atoms with Crippen LogP contribution in [0.25, 0.3) is 16.6 Å². The molecular formula is C16H11BrN5O2-. The first kappa shape index (κ1) is 14.9. The number of halogens is 1. The maximum atomic E-state index is 11.4. The van der Waals surface area contributed by atoms with Crippen LogP contribution in [-0.2, 0) is 0 Å². The summed E-state index contributed by atoms with van der Waals surface area (Å²) in [4.78, 5) is 8.73. The Labute approximate surface area is 144 Å². The minimum atomic E-state index is -0.162. The number of fused-ring (bicyclic) bond motifs is 3. The van der Waals surface area contributed by atoms with Crippen molar-refractivity contribution in [2.24, 2.45) is 0 Å². The second-order valence-electron chi connectivity index (χ2n) is 5.13. The number of nitrogens with zero attached hydrogens (tertiary/aromatic N) is 4. The molecule has 2 heterocycles. The number of hydrogen-bond donors (Lipinski definition) is 2. The molecule has 0 amide bonds. The van der Waals surface area contributed by atoms with Gasteiger partial charge in [-0.15, -0.1) is 0 Å². The third-order valence-electron chi connectivity index (χ3n) is 3.68. The van der Waals surface area contributed by atoms with Gasteiger partial charge in [0.2, 0.25) is 0 Å². The van der Waals surface area contributed by atoms with Crippen LogP contribution in [0.5, 0.6) is 0 Å². The highest BCUT2D eigenvalue weighted by atomic mass is 79.9. The Hall–Kier alpha value is -2.68. The lowest BCUT2D eigenvalue weighted by Gasteiger charge is -2.23. The highest BCUT2D eigenvalue weighted by Gasteiger charge is 2.13. The van der Waals surface area contributed by atoms with Gasteiger partial charge in [0.15, 0.2) is 5.82 Å². The molecule has 0 fully saturated rings. The number of aromatic nitrogens is 3. The third kappa shape index (κ3) is 2.37. The van der Waals surface area contributed by atoms with Gasteiger partial charge < -0.3 is 15.8 Å². The molecule has 0 bridgehead atoms. The maximum absolute atomic E-state index is 11.4. The fraction of sp³-hybridized carbons (Fsp3) is 0. The van der Waals surface area contributed by atoms with E-state index in [-0.39, 0.29) is 10.9 Å². The van der Waals surface area contributed by atoms with Crippen LogP contribution in [0.1, 0.15) is 0 Å². The van der Waals surface area contributed by atoms with Gasteiger partial charge in [-0.3, -0.25) is 9.61 Å². The molecule has 4 rings (SSSR count). The van der Waals surface area contributed by atoms with E-state index in [0.29, 0.717) is 22.4 Å². The molecule has 2 N–H and O–H groups in total. The van der Waals surface area contributed by atoms with Crippen molar-refractivity contribution >= 4 is 49.7 Å². The van der Waals surface area contributed by atoms with Crippen LogP contribution >= 0.6 is 15.9 Å². The van der Waals surface area contributed by atoms with Crippen molar-refractivity contribution in [1.82, 2.24) is 14.4 Å². The standard InChI is InChI=1S/C16H11BrN5O2/c17-10-4-1-2-5-11(10)19-16-14-8-18-9-21(14)15-12(20-16)6-3-7-13(15)22(23)24/h1-9,23H,(H,19,20)/q-1. The Morgan fingerprint density at radius 1 is 1.17 bits per heavy atom. The molecular weight excluding hydrogens is 374 g/mol. The summed E-state index contributed by atoms with van der Waals surface area (Å²) in [6, 6.07) is 12.7. The number of anilines is 3. The Bertz CT molecular complexity index is 1050. The lowest BCUT2D eigenvalue weighted by molar-refractivity contribution is 0.297. The van der Waals surface area contributed by atoms with E-state index >= 15 is 0 Å². The lowest BCUT2D eigenvalue weighted by atomic mass is 10.2. The van der Waals surface area contributed by atoms with Crippen molar-refractivity contribution in [3.05, 3.63) is 64.7 Å². The van der Waals surface area contributed by atoms with Crippen LogP contribution in [-0.4, -0.2) is 19.6 Å². The van der Waals surface area contributed by atoms with Crippen LogP contribution in [0.2, 0.25) is 0 Å². The van der Waals surface area contributed by atoms with Gasteiger partial charge in [-0.1, -0.05) is 18.2 Å². The van der Waals surface area contributed by atoms with E-state index in [9.17, 15) is 10.4 Å². The first-order valence-electron chi connectivity index (χ1n) is 7.07. The zero-order valence-electron chi connectivity index (χ0n) is 12.2. The van der Waals surface area contributed by atoms with E-state index in [2.05, 4.69) is 31.2 Å². The van der Waals surface area contributed by atoms with Crippen molar-refractivity contribution in [3.63, 3.8) is 0 Å². The summed E-state index contributed by atoms with van der Waals surface area (Å²) in [5, 5.41) is 23.9. The second kappa shape index (κ2) is 5.75. The summed E-state index contributed by atoms with van der Waals surface area (Å²) in [5.41, 5.74) is 2.70. The van der Waals surface area contributed by atoms with Crippen molar-refractivity contribution in [1.29, 1.82) is 0 Å². The van der Waals surface area contributed by atoms with Gasteiger partial charge in [-0.05, 0) is 40.2 Å². The maximum Gasteiger partial charge on any atom is 0.157 e. The molecule has 0 saturated heterocycles. The number of hydrogen-bond acceptors (Lipinski definition) is 6. The average Bonchev–Trinajstić information content (AvgIpc) is 3.06. The summed E-state index contributed by atoms with van der Waals surface area (Å²) in [7, 11) is 0. The summed E-state index contributed by atoms with van der Waals surface area (Å²) < 4.78 is 2.62. The second-order valence-corrected chi connectivity index (χ2v) is 5.99. The molecule has 2 aromatic heterocycles. The molecule has 8 heteroatoms. The van der Waals surface area contributed by atoms with Crippen molar-refractivity contribution in [3.8, 4) is 0 Å². The zero-order valence-corrected chi connectivity index (χ0v) is 13.8. The first-order valence-corrected chi connectivity index (χ1v) is 7.87. The van der Waals surface area contributed by atoms with Crippen molar-refractivity contribution < 1.29 is 5.21 Å². The van der Waals surface area contributed by atoms with E-state index < -0.39 is 0 Å². The van der Waals surface area contributed by atoms with E-state index in [1.165, 1.54) is 6.07 Å². The molecule has 0 aliphatic carbocycles. The van der Waals surface area contributed by atoms with Gasteiger partial charge >= 0.3 is 0 Å². The number of benzene rings is 2. The van der Waals surface area contributed by atoms with Gasteiger partial charge in [0.05, 0.1) is 34.9 Å². The van der Waals surface area contributed by atoms with Crippen LogP contribution in [0, 0.1) is 5.21 Å². The number of imidazole rings is 1. The molecule has 0 unspecified atom stereocenters. The highest BCUT2D eigenvalue weighted by Crippen LogP contribution is 2.31. The smallest absolute Gasteiger partial charge is 0.157 e. The van der Waals surface area contributed by atoms with Crippen LogP contribution in [0.4, 0.5) is 17.2 Å². The minimum absolute atomic E-state index is 0.107.